The van der Waals surface area contributed by atoms with Crippen LogP contribution in [0.5, 0.6) is 0 Å². The van der Waals surface area contributed by atoms with Crippen molar-refractivity contribution >= 4 is 12.0 Å². The summed E-state index contributed by atoms with van der Waals surface area (Å²) in [5.74, 6) is 1.34. The molecular weight excluding hydrogens is 584 g/mol. The van der Waals surface area contributed by atoms with E-state index >= 15 is 0 Å². The highest BCUT2D eigenvalue weighted by Crippen LogP contribution is 2.47. The lowest BCUT2D eigenvalue weighted by Crippen LogP contribution is -2.43. The molecule has 3 aliphatic rings. The molecule has 0 aromatic heterocycles. The van der Waals surface area contributed by atoms with E-state index in [1.165, 1.54) is 5.57 Å². The minimum Gasteiger partial charge on any atom is -0.449 e. The van der Waals surface area contributed by atoms with Crippen LogP contribution < -0.4 is 5.32 Å². The van der Waals surface area contributed by atoms with Gasteiger partial charge >= 0.3 is 6.09 Å². The molecule has 0 unspecified atom stereocenters. The number of aliphatic hydroxyl groups is 1. The second-order valence-corrected chi connectivity index (χ2v) is 14.6. The first-order valence-corrected chi connectivity index (χ1v) is 17.9. The molecule has 2 amide bonds. The predicted molar refractivity (Wildman–Crippen MR) is 181 cm³/mol. The molecule has 3 rings (SSSR count). The summed E-state index contributed by atoms with van der Waals surface area (Å²) in [5, 5.41) is 13.2. The van der Waals surface area contributed by atoms with Crippen molar-refractivity contribution in [2.24, 2.45) is 29.6 Å². The molecule has 9 atom stereocenters. The lowest BCUT2D eigenvalue weighted by molar-refractivity contribution is -0.128. The van der Waals surface area contributed by atoms with Crippen LogP contribution in [0.2, 0.25) is 0 Å². The van der Waals surface area contributed by atoms with Crippen molar-refractivity contribution in [3.8, 4) is 0 Å². The lowest BCUT2D eigenvalue weighted by Gasteiger charge is -2.36. The molecular formula is C37H64N2O7. The molecule has 2 aliphatic heterocycles. The second-order valence-electron chi connectivity index (χ2n) is 14.6. The molecule has 1 saturated carbocycles. The number of allylic oxidation sites excluding steroid dienone is 3. The molecule has 3 fully saturated rings. The van der Waals surface area contributed by atoms with Gasteiger partial charge in [0.2, 0.25) is 5.91 Å². The molecule has 0 radical (unpaired) electrons. The van der Waals surface area contributed by atoms with E-state index in [4.69, 9.17) is 18.9 Å². The topological polar surface area (TPSA) is 110 Å². The largest absolute Gasteiger partial charge is 0.449 e. The normalized spacial score (nSPS) is 32.8. The third-order valence-electron chi connectivity index (χ3n) is 10.6. The van der Waals surface area contributed by atoms with E-state index in [9.17, 15) is 14.7 Å². The van der Waals surface area contributed by atoms with E-state index in [2.05, 4.69) is 58.2 Å². The number of nitrogens with zero attached hydrogens (tertiary/aromatic N) is 1. The van der Waals surface area contributed by atoms with E-state index in [0.29, 0.717) is 44.0 Å². The number of carbonyl (C=O) groups excluding carboxylic acids is 2. The van der Waals surface area contributed by atoms with Crippen molar-refractivity contribution in [1.29, 1.82) is 0 Å². The SMILES string of the molecule is CCN(CC)C(=O)OC[C@H]1CC[C@@H](C(=O)NC[C@H]2CC[C@H](C)[C@@H](/C(C)=C/C=C/[C@@H](C)C[C@@]3(C)O[C@@H]3[C@H](C)[C@@H](OC)[C@@H](C)O)O2)CC1. The smallest absolute Gasteiger partial charge is 0.409 e. The van der Waals surface area contributed by atoms with E-state index in [0.717, 1.165) is 44.9 Å². The van der Waals surface area contributed by atoms with E-state index in [1.54, 1.807) is 18.9 Å². The van der Waals surface area contributed by atoms with Crippen LogP contribution in [-0.4, -0.2) is 91.5 Å². The Hall–Kier alpha value is -1.94. The van der Waals surface area contributed by atoms with Gasteiger partial charge in [-0.25, -0.2) is 4.79 Å². The predicted octanol–water partition coefficient (Wildman–Crippen LogP) is 6.29. The zero-order valence-electron chi connectivity index (χ0n) is 30.1. The van der Waals surface area contributed by atoms with Gasteiger partial charge in [0.15, 0.2) is 0 Å². The van der Waals surface area contributed by atoms with Crippen LogP contribution in [-0.2, 0) is 23.7 Å². The van der Waals surface area contributed by atoms with Gasteiger partial charge in [-0.15, -0.1) is 0 Å². The van der Waals surface area contributed by atoms with E-state index in [-0.39, 0.29) is 53.9 Å². The lowest BCUT2D eigenvalue weighted by atomic mass is 9.82. The van der Waals surface area contributed by atoms with E-state index < -0.39 is 6.10 Å². The number of hydrogen-bond donors (Lipinski definition) is 2. The highest BCUT2D eigenvalue weighted by molar-refractivity contribution is 5.78. The first-order chi connectivity index (χ1) is 21.8. The summed E-state index contributed by atoms with van der Waals surface area (Å²) >= 11 is 0. The highest BCUT2D eigenvalue weighted by atomic mass is 16.6. The van der Waals surface area contributed by atoms with Gasteiger partial charge in [-0.3, -0.25) is 4.79 Å². The Labute approximate surface area is 278 Å². The standard InChI is InChI=1S/C37H64N2O7/c1-10-39(11-2)36(42)44-23-29-16-18-30(19-17-29)35(41)38-22-31-20-15-26(5)32(45-31)25(4)14-12-13-24(3)21-37(8)34(46-37)27(6)33(43-9)28(7)40/h12-14,24,26-34,40H,10-11,15-23H2,1-9H3,(H,38,41)/b13-12+,25-14+/t24-,26+,27-,28-,29-,30+,31-,32-,33-,34-,37-/m1/s1. The van der Waals surface area contributed by atoms with Crippen LogP contribution in [0.4, 0.5) is 4.79 Å². The second kappa shape index (κ2) is 18.0. The maximum atomic E-state index is 13.0. The van der Waals surface area contributed by atoms with Gasteiger partial charge in [0.1, 0.15) is 0 Å². The Balaban J connectivity index is 1.40. The first kappa shape index (κ1) is 38.5. The molecule has 0 bridgehead atoms. The molecule has 2 saturated heterocycles. The van der Waals surface area contributed by atoms with Gasteiger partial charge < -0.3 is 34.3 Å². The summed E-state index contributed by atoms with van der Waals surface area (Å²) in [7, 11) is 1.65. The average Bonchev–Trinajstić information content (AvgIpc) is 3.70. The number of carbonyl (C=O) groups is 2. The Morgan fingerprint density at radius 3 is 2.37 bits per heavy atom. The number of methoxy groups -OCH3 is 1. The highest BCUT2D eigenvalue weighted by Gasteiger charge is 2.56. The van der Waals surface area contributed by atoms with Crippen LogP contribution in [0.3, 0.4) is 0 Å². The molecule has 9 heteroatoms. The van der Waals surface area contributed by atoms with Crippen LogP contribution in [0.1, 0.15) is 100 Å². The maximum Gasteiger partial charge on any atom is 0.409 e. The van der Waals surface area contributed by atoms with Crippen LogP contribution in [0, 0.1) is 29.6 Å². The fourth-order valence-electron chi connectivity index (χ4n) is 7.73. The summed E-state index contributed by atoms with van der Waals surface area (Å²) < 4.78 is 23.7. The quantitative estimate of drug-likeness (QED) is 0.150. The number of nitrogens with one attached hydrogen (secondary N) is 1. The summed E-state index contributed by atoms with van der Waals surface area (Å²) in [5.41, 5.74) is 0.998. The number of epoxide rings is 1. The molecule has 264 valence electrons. The van der Waals surface area contributed by atoms with Gasteiger partial charge in [0.05, 0.1) is 42.7 Å². The fourth-order valence-corrected chi connectivity index (χ4v) is 7.73. The van der Waals surface area contributed by atoms with E-state index in [1.807, 2.05) is 13.8 Å². The number of rotatable bonds is 16. The van der Waals surface area contributed by atoms with Crippen molar-refractivity contribution in [3.63, 3.8) is 0 Å². The average molecular weight is 649 g/mol. The number of aliphatic hydroxyl groups excluding tert-OH is 1. The first-order valence-electron chi connectivity index (χ1n) is 17.9. The number of ether oxygens (including phenoxy) is 4. The van der Waals surface area contributed by atoms with Crippen molar-refractivity contribution in [2.45, 2.75) is 136 Å². The van der Waals surface area contributed by atoms with Crippen LogP contribution >= 0.6 is 0 Å². The Morgan fingerprint density at radius 2 is 1.76 bits per heavy atom. The molecule has 0 spiro atoms. The number of amides is 2. The van der Waals surface area contributed by atoms with Gasteiger partial charge in [0.25, 0.3) is 0 Å². The third-order valence-corrected chi connectivity index (χ3v) is 10.6. The minimum atomic E-state index is -0.535. The van der Waals surface area contributed by atoms with Crippen LogP contribution in [0.15, 0.2) is 23.8 Å². The molecule has 46 heavy (non-hydrogen) atoms. The Bertz CT molecular complexity index is 1020. The van der Waals surface area contributed by atoms with Crippen molar-refractivity contribution < 1.29 is 33.6 Å². The zero-order chi connectivity index (χ0) is 34.0. The Kier molecular flexibility index (Phi) is 15.1. The zero-order valence-corrected chi connectivity index (χ0v) is 30.1. The summed E-state index contributed by atoms with van der Waals surface area (Å²) in [6.45, 7) is 18.8. The van der Waals surface area contributed by atoms with Crippen molar-refractivity contribution in [3.05, 3.63) is 23.8 Å². The monoisotopic (exact) mass is 648 g/mol. The molecule has 0 aromatic rings. The molecule has 2 N–H and O–H groups in total. The van der Waals surface area contributed by atoms with Gasteiger partial charge in [-0.1, -0.05) is 39.0 Å². The summed E-state index contributed by atoms with van der Waals surface area (Å²) in [4.78, 5) is 26.8. The minimum absolute atomic E-state index is 0.00989. The van der Waals surface area contributed by atoms with Gasteiger partial charge in [0, 0.05) is 38.6 Å². The third kappa shape index (κ3) is 10.8. The van der Waals surface area contributed by atoms with Gasteiger partial charge in [-0.05, 0) is 103 Å². The van der Waals surface area contributed by atoms with Crippen molar-refractivity contribution in [1.82, 2.24) is 10.2 Å². The molecule has 0 aromatic carbocycles. The van der Waals surface area contributed by atoms with Gasteiger partial charge in [-0.2, -0.15) is 0 Å². The molecule has 1 aliphatic carbocycles. The summed E-state index contributed by atoms with van der Waals surface area (Å²) in [6, 6.07) is 0. The number of hydrogen-bond acceptors (Lipinski definition) is 7. The van der Waals surface area contributed by atoms with Crippen molar-refractivity contribution in [2.75, 3.05) is 33.4 Å². The van der Waals surface area contributed by atoms with Crippen LogP contribution in [0.25, 0.3) is 0 Å². The summed E-state index contributed by atoms with van der Waals surface area (Å²) in [6.07, 6.45) is 12.0. The fraction of sp³-hybridized carbons (Fsp3) is 0.838. The maximum absolute atomic E-state index is 13.0. The molecule has 9 nitrogen and oxygen atoms in total. The Morgan fingerprint density at radius 1 is 1.09 bits per heavy atom. The molecule has 2 heterocycles.